The highest BCUT2D eigenvalue weighted by Gasteiger charge is 2.10. The highest BCUT2D eigenvalue weighted by atomic mass is 32.1. The number of thiazole rings is 1. The minimum atomic E-state index is -0.830. The van der Waals surface area contributed by atoms with Crippen LogP contribution in [0.2, 0.25) is 0 Å². The van der Waals surface area contributed by atoms with Crippen LogP contribution >= 0.6 is 11.3 Å². The van der Waals surface area contributed by atoms with E-state index in [1.165, 1.54) is 16.9 Å². The van der Waals surface area contributed by atoms with Crippen LogP contribution in [-0.2, 0) is 11.2 Å². The molecule has 0 atom stereocenters. The summed E-state index contributed by atoms with van der Waals surface area (Å²) in [6, 6.07) is 7.98. The number of nitrogens with zero attached hydrogens (tertiary/aromatic N) is 1. The maximum Gasteiger partial charge on any atom is 0.308 e. The number of hydrogen-bond acceptors (Lipinski definition) is 4. The normalized spacial score (nSPS) is 10.3. The number of carboxylic acids is 1. The number of anilines is 2. The van der Waals surface area contributed by atoms with Crippen LogP contribution in [0.15, 0.2) is 24.3 Å². The molecular weight excluding hydrogens is 248 g/mol. The molecule has 18 heavy (non-hydrogen) atoms. The molecule has 0 aliphatic heterocycles. The molecule has 1 aromatic heterocycles. The summed E-state index contributed by atoms with van der Waals surface area (Å²) in [6.45, 7) is 3.86. The molecule has 0 bridgehead atoms. The van der Waals surface area contributed by atoms with Crippen LogP contribution < -0.4 is 5.32 Å². The highest BCUT2D eigenvalue weighted by molar-refractivity contribution is 7.15. The van der Waals surface area contributed by atoms with Crippen LogP contribution in [-0.4, -0.2) is 16.1 Å². The highest BCUT2D eigenvalue weighted by Crippen LogP contribution is 2.26. The standard InChI is InChI=1S/C13H14N2O2S/c1-8-3-5-10(6-4-8)15-13-14-9(2)11(18-13)7-12(16)17/h3-6H,7H2,1-2H3,(H,14,15)(H,16,17). The van der Waals surface area contributed by atoms with Crippen LogP contribution in [0.5, 0.6) is 0 Å². The number of aliphatic carboxylic acids is 1. The van der Waals surface area contributed by atoms with E-state index in [0.29, 0.717) is 0 Å². The largest absolute Gasteiger partial charge is 0.481 e. The maximum atomic E-state index is 10.7. The quantitative estimate of drug-likeness (QED) is 0.888. The first-order chi connectivity index (χ1) is 8.54. The van der Waals surface area contributed by atoms with Gasteiger partial charge in [0.15, 0.2) is 5.13 Å². The van der Waals surface area contributed by atoms with Gasteiger partial charge in [-0.2, -0.15) is 0 Å². The first-order valence-corrected chi connectivity index (χ1v) is 6.38. The Hall–Kier alpha value is -1.88. The fraction of sp³-hybridized carbons (Fsp3) is 0.231. The fourth-order valence-electron chi connectivity index (χ4n) is 1.54. The average Bonchev–Trinajstić information content (AvgIpc) is 2.62. The number of aryl methyl sites for hydroxylation is 2. The summed E-state index contributed by atoms with van der Waals surface area (Å²) in [6.07, 6.45) is 0.0269. The predicted molar refractivity (Wildman–Crippen MR) is 72.7 cm³/mol. The van der Waals surface area contributed by atoms with Gasteiger partial charge in [-0.05, 0) is 26.0 Å². The summed E-state index contributed by atoms with van der Waals surface area (Å²) in [4.78, 5) is 15.8. The summed E-state index contributed by atoms with van der Waals surface area (Å²) < 4.78 is 0. The molecule has 2 aromatic rings. The molecule has 2 N–H and O–H groups in total. The molecule has 4 nitrogen and oxygen atoms in total. The number of aromatic nitrogens is 1. The molecule has 0 saturated heterocycles. The van der Waals surface area contributed by atoms with E-state index >= 15 is 0 Å². The van der Waals surface area contributed by atoms with Gasteiger partial charge in [-0.3, -0.25) is 4.79 Å². The lowest BCUT2D eigenvalue weighted by Gasteiger charge is -2.01. The Labute approximate surface area is 109 Å². The SMILES string of the molecule is Cc1ccc(Nc2nc(C)c(CC(=O)O)s2)cc1. The molecular formula is C13H14N2O2S. The van der Waals surface area contributed by atoms with Crippen molar-refractivity contribution in [1.82, 2.24) is 4.98 Å². The Kier molecular flexibility index (Phi) is 3.62. The van der Waals surface area contributed by atoms with E-state index in [1.54, 1.807) is 0 Å². The smallest absolute Gasteiger partial charge is 0.308 e. The second-order valence-electron chi connectivity index (χ2n) is 4.09. The zero-order valence-electron chi connectivity index (χ0n) is 10.2. The van der Waals surface area contributed by atoms with E-state index in [9.17, 15) is 4.79 Å². The fourth-order valence-corrected chi connectivity index (χ4v) is 2.52. The maximum absolute atomic E-state index is 10.7. The van der Waals surface area contributed by atoms with Crippen molar-refractivity contribution in [3.63, 3.8) is 0 Å². The van der Waals surface area contributed by atoms with E-state index in [4.69, 9.17) is 5.11 Å². The average molecular weight is 262 g/mol. The third-order valence-electron chi connectivity index (χ3n) is 2.51. The van der Waals surface area contributed by atoms with Gasteiger partial charge in [0.2, 0.25) is 0 Å². The number of carboxylic acid groups (broad SMARTS) is 1. The molecule has 94 valence electrons. The van der Waals surface area contributed by atoms with Crippen molar-refractivity contribution in [2.45, 2.75) is 20.3 Å². The van der Waals surface area contributed by atoms with Crippen molar-refractivity contribution in [3.8, 4) is 0 Å². The van der Waals surface area contributed by atoms with Crippen molar-refractivity contribution in [2.24, 2.45) is 0 Å². The molecule has 0 aliphatic rings. The van der Waals surface area contributed by atoms with E-state index in [0.717, 1.165) is 21.4 Å². The number of benzene rings is 1. The number of carbonyl (C=O) groups is 1. The third-order valence-corrected chi connectivity index (χ3v) is 3.58. The van der Waals surface area contributed by atoms with Crippen LogP contribution in [0.25, 0.3) is 0 Å². The van der Waals surface area contributed by atoms with E-state index in [1.807, 2.05) is 38.1 Å². The van der Waals surface area contributed by atoms with Crippen LogP contribution in [0, 0.1) is 13.8 Å². The van der Waals surface area contributed by atoms with Gasteiger partial charge in [0.1, 0.15) is 0 Å². The first kappa shape index (κ1) is 12.6. The van der Waals surface area contributed by atoms with Gasteiger partial charge in [0.05, 0.1) is 12.1 Å². The van der Waals surface area contributed by atoms with Crippen molar-refractivity contribution in [1.29, 1.82) is 0 Å². The van der Waals surface area contributed by atoms with Crippen molar-refractivity contribution in [3.05, 3.63) is 40.4 Å². The lowest BCUT2D eigenvalue weighted by molar-refractivity contribution is -0.136. The molecule has 2 rings (SSSR count). The minimum absolute atomic E-state index is 0.0269. The summed E-state index contributed by atoms with van der Waals surface area (Å²) in [5, 5.41) is 12.7. The molecule has 0 amide bonds. The predicted octanol–water partition coefficient (Wildman–Crippen LogP) is 3.13. The first-order valence-electron chi connectivity index (χ1n) is 5.56. The minimum Gasteiger partial charge on any atom is -0.481 e. The molecule has 0 radical (unpaired) electrons. The molecule has 0 fully saturated rings. The van der Waals surface area contributed by atoms with E-state index in [2.05, 4.69) is 10.3 Å². The van der Waals surface area contributed by atoms with Crippen LogP contribution in [0.3, 0.4) is 0 Å². The molecule has 0 saturated carbocycles. The molecule has 1 aromatic carbocycles. The van der Waals surface area contributed by atoms with Gasteiger partial charge in [0, 0.05) is 10.6 Å². The van der Waals surface area contributed by atoms with Gasteiger partial charge in [0.25, 0.3) is 0 Å². The second kappa shape index (κ2) is 5.18. The van der Waals surface area contributed by atoms with E-state index < -0.39 is 5.97 Å². The van der Waals surface area contributed by atoms with Crippen molar-refractivity contribution in [2.75, 3.05) is 5.32 Å². The summed E-state index contributed by atoms with van der Waals surface area (Å²) in [7, 11) is 0. The lowest BCUT2D eigenvalue weighted by Crippen LogP contribution is -1.99. The third kappa shape index (κ3) is 3.07. The summed E-state index contributed by atoms with van der Waals surface area (Å²) in [5.74, 6) is -0.830. The molecule has 0 spiro atoms. The van der Waals surface area contributed by atoms with Crippen molar-refractivity contribution < 1.29 is 9.90 Å². The number of nitrogens with one attached hydrogen (secondary N) is 1. The Morgan fingerprint density at radius 3 is 2.61 bits per heavy atom. The van der Waals surface area contributed by atoms with Crippen molar-refractivity contribution >= 4 is 28.1 Å². The van der Waals surface area contributed by atoms with Gasteiger partial charge >= 0.3 is 5.97 Å². The Morgan fingerprint density at radius 1 is 1.33 bits per heavy atom. The van der Waals surface area contributed by atoms with Gasteiger partial charge < -0.3 is 10.4 Å². The monoisotopic (exact) mass is 262 g/mol. The van der Waals surface area contributed by atoms with Crippen LogP contribution in [0.1, 0.15) is 16.1 Å². The Bertz CT molecular complexity index is 561. The van der Waals surface area contributed by atoms with Gasteiger partial charge in [-0.25, -0.2) is 4.98 Å². The second-order valence-corrected chi connectivity index (χ2v) is 5.17. The summed E-state index contributed by atoms with van der Waals surface area (Å²) in [5.41, 5.74) is 2.93. The molecule has 0 aliphatic carbocycles. The lowest BCUT2D eigenvalue weighted by atomic mass is 10.2. The van der Waals surface area contributed by atoms with E-state index in [-0.39, 0.29) is 6.42 Å². The molecule has 0 unspecified atom stereocenters. The number of rotatable bonds is 4. The number of hydrogen-bond donors (Lipinski definition) is 2. The Morgan fingerprint density at radius 2 is 2.00 bits per heavy atom. The zero-order valence-corrected chi connectivity index (χ0v) is 11.0. The van der Waals surface area contributed by atoms with Gasteiger partial charge in [-0.1, -0.05) is 17.7 Å². The Balaban J connectivity index is 2.14. The molecule has 5 heteroatoms. The molecule has 1 heterocycles. The zero-order chi connectivity index (χ0) is 13.1. The van der Waals surface area contributed by atoms with Gasteiger partial charge in [-0.15, -0.1) is 11.3 Å². The van der Waals surface area contributed by atoms with Crippen LogP contribution in [0.4, 0.5) is 10.8 Å². The summed E-state index contributed by atoms with van der Waals surface area (Å²) >= 11 is 1.38. The topological polar surface area (TPSA) is 62.2 Å².